The zero-order valence-electron chi connectivity index (χ0n) is 17.1. The molecular formula is C20H23BrN6O2. The summed E-state index contributed by atoms with van der Waals surface area (Å²) in [6, 6.07) is 8.01. The van der Waals surface area contributed by atoms with Gasteiger partial charge >= 0.3 is 5.69 Å². The lowest BCUT2D eigenvalue weighted by atomic mass is 9.89. The summed E-state index contributed by atoms with van der Waals surface area (Å²) in [5, 5.41) is 6.69. The van der Waals surface area contributed by atoms with Gasteiger partial charge in [-0.05, 0) is 17.7 Å². The van der Waals surface area contributed by atoms with Gasteiger partial charge in [-0.1, -0.05) is 48.8 Å². The molecule has 1 aliphatic heterocycles. The molecule has 152 valence electrons. The Kier molecular flexibility index (Phi) is 4.53. The van der Waals surface area contributed by atoms with Crippen LogP contribution in [0.2, 0.25) is 0 Å². The van der Waals surface area contributed by atoms with E-state index < -0.39 is 5.69 Å². The predicted molar refractivity (Wildman–Crippen MR) is 117 cm³/mol. The Morgan fingerprint density at radius 2 is 1.72 bits per heavy atom. The van der Waals surface area contributed by atoms with Crippen molar-refractivity contribution in [2.75, 3.05) is 5.01 Å². The topological polar surface area (TPSA) is 77.4 Å². The number of aromatic nitrogens is 4. The van der Waals surface area contributed by atoms with Gasteiger partial charge in [-0.25, -0.2) is 9.80 Å². The number of aryl methyl sites for hydroxylation is 1. The zero-order chi connectivity index (χ0) is 21.1. The van der Waals surface area contributed by atoms with E-state index in [1.54, 1.807) is 7.05 Å². The summed E-state index contributed by atoms with van der Waals surface area (Å²) in [6.45, 7) is 7.26. The van der Waals surface area contributed by atoms with Gasteiger partial charge in [0.2, 0.25) is 5.95 Å². The van der Waals surface area contributed by atoms with Gasteiger partial charge in [0.15, 0.2) is 11.2 Å². The first-order valence-corrected chi connectivity index (χ1v) is 10.1. The molecule has 3 aromatic rings. The molecule has 0 saturated heterocycles. The van der Waals surface area contributed by atoms with Crippen molar-refractivity contribution in [3.63, 3.8) is 0 Å². The summed E-state index contributed by atoms with van der Waals surface area (Å²) >= 11 is 3.46. The Bertz CT molecular complexity index is 1260. The van der Waals surface area contributed by atoms with Crippen LogP contribution in [0.5, 0.6) is 0 Å². The van der Waals surface area contributed by atoms with Crippen molar-refractivity contribution >= 4 is 38.8 Å². The number of hydrogen-bond donors (Lipinski definition) is 0. The molecule has 3 heterocycles. The highest BCUT2D eigenvalue weighted by Crippen LogP contribution is 2.30. The zero-order valence-corrected chi connectivity index (χ0v) is 18.7. The molecule has 8 nitrogen and oxygen atoms in total. The molecule has 0 bridgehead atoms. The van der Waals surface area contributed by atoms with E-state index in [0.29, 0.717) is 30.2 Å². The standard InChI is InChI=1S/C20H23BrN6O2/c1-20(2,3)14-11-26-15-16(24(4)19(29)25(5)17(15)28)22-18(26)27(23-14)10-12-6-8-13(21)9-7-12/h6-9H,10-11H2,1-5H3. The molecule has 0 aliphatic carbocycles. The number of imidazole rings is 1. The number of rotatable bonds is 2. The van der Waals surface area contributed by atoms with E-state index in [4.69, 9.17) is 5.10 Å². The number of nitrogens with zero attached hydrogens (tertiary/aromatic N) is 6. The van der Waals surface area contributed by atoms with Crippen molar-refractivity contribution in [3.05, 3.63) is 55.1 Å². The van der Waals surface area contributed by atoms with E-state index in [1.807, 2.05) is 33.8 Å². The molecule has 0 spiro atoms. The van der Waals surface area contributed by atoms with E-state index in [0.717, 1.165) is 20.3 Å². The largest absolute Gasteiger partial charge is 0.332 e. The third-order valence-corrected chi connectivity index (χ3v) is 5.75. The SMILES string of the molecule is Cn1c(=O)c2c(nc3n2CC(C(C)(C)C)=NN3Cc2ccc(Br)cc2)n(C)c1=O. The second-order valence-electron chi connectivity index (χ2n) is 8.36. The molecular weight excluding hydrogens is 436 g/mol. The Morgan fingerprint density at radius 3 is 2.34 bits per heavy atom. The van der Waals surface area contributed by atoms with Crippen molar-refractivity contribution in [3.8, 4) is 0 Å². The lowest BCUT2D eigenvalue weighted by Crippen LogP contribution is -2.39. The van der Waals surface area contributed by atoms with Gasteiger partial charge in [0.25, 0.3) is 5.56 Å². The maximum atomic E-state index is 12.9. The highest BCUT2D eigenvalue weighted by Gasteiger charge is 2.31. The summed E-state index contributed by atoms with van der Waals surface area (Å²) in [5.41, 5.74) is 1.87. The van der Waals surface area contributed by atoms with Crippen LogP contribution in [0.15, 0.2) is 43.4 Å². The second-order valence-corrected chi connectivity index (χ2v) is 9.27. The number of hydrogen-bond acceptors (Lipinski definition) is 5. The molecule has 1 aromatic carbocycles. The van der Waals surface area contributed by atoms with Crippen molar-refractivity contribution in [1.82, 2.24) is 18.7 Å². The van der Waals surface area contributed by atoms with Crippen LogP contribution in [0, 0.1) is 5.41 Å². The first-order chi connectivity index (χ1) is 13.6. The monoisotopic (exact) mass is 458 g/mol. The van der Waals surface area contributed by atoms with Crippen LogP contribution in [-0.4, -0.2) is 24.4 Å². The van der Waals surface area contributed by atoms with E-state index in [2.05, 4.69) is 41.7 Å². The Balaban J connectivity index is 1.95. The predicted octanol–water partition coefficient (Wildman–Crippen LogP) is 2.62. The second kappa shape index (κ2) is 6.69. The molecule has 2 aromatic heterocycles. The number of fused-ring (bicyclic) bond motifs is 3. The third kappa shape index (κ3) is 3.23. The Hall–Kier alpha value is -2.68. The van der Waals surface area contributed by atoms with Crippen LogP contribution in [-0.2, 0) is 27.2 Å². The van der Waals surface area contributed by atoms with Crippen LogP contribution in [0.25, 0.3) is 11.2 Å². The molecule has 9 heteroatoms. The summed E-state index contributed by atoms with van der Waals surface area (Å²) in [7, 11) is 3.12. The maximum Gasteiger partial charge on any atom is 0.332 e. The van der Waals surface area contributed by atoms with Crippen molar-refractivity contribution in [2.24, 2.45) is 24.6 Å². The number of anilines is 1. The van der Waals surface area contributed by atoms with Gasteiger partial charge in [-0.2, -0.15) is 10.1 Å². The van der Waals surface area contributed by atoms with Crippen molar-refractivity contribution in [1.29, 1.82) is 0 Å². The summed E-state index contributed by atoms with van der Waals surface area (Å²) in [6.07, 6.45) is 0. The van der Waals surface area contributed by atoms with Gasteiger partial charge < -0.3 is 0 Å². The van der Waals surface area contributed by atoms with Gasteiger partial charge in [-0.15, -0.1) is 0 Å². The van der Waals surface area contributed by atoms with Crippen LogP contribution >= 0.6 is 15.9 Å². The minimum absolute atomic E-state index is 0.182. The lowest BCUT2D eigenvalue weighted by Gasteiger charge is -2.31. The number of halogens is 1. The van der Waals surface area contributed by atoms with E-state index in [-0.39, 0.29) is 11.0 Å². The first kappa shape index (κ1) is 19.6. The first-order valence-electron chi connectivity index (χ1n) is 9.34. The molecule has 0 saturated carbocycles. The molecule has 1 aliphatic rings. The molecule has 0 N–H and O–H groups in total. The fourth-order valence-corrected chi connectivity index (χ4v) is 3.67. The average molecular weight is 459 g/mol. The van der Waals surface area contributed by atoms with Gasteiger partial charge in [-0.3, -0.25) is 18.5 Å². The third-order valence-electron chi connectivity index (χ3n) is 5.22. The fourth-order valence-electron chi connectivity index (χ4n) is 3.41. The van der Waals surface area contributed by atoms with E-state index >= 15 is 0 Å². The van der Waals surface area contributed by atoms with Crippen LogP contribution in [0.4, 0.5) is 5.95 Å². The van der Waals surface area contributed by atoms with Crippen LogP contribution in [0.3, 0.4) is 0 Å². The molecule has 0 amide bonds. The van der Waals surface area contributed by atoms with Gasteiger partial charge in [0.1, 0.15) is 0 Å². The van der Waals surface area contributed by atoms with E-state index in [9.17, 15) is 9.59 Å². The summed E-state index contributed by atoms with van der Waals surface area (Å²) in [5.74, 6) is 0.564. The molecule has 0 atom stereocenters. The number of hydrazone groups is 1. The highest BCUT2D eigenvalue weighted by atomic mass is 79.9. The molecule has 0 unspecified atom stereocenters. The van der Waals surface area contributed by atoms with Crippen molar-refractivity contribution in [2.45, 2.75) is 33.9 Å². The van der Waals surface area contributed by atoms with Gasteiger partial charge in [0, 0.05) is 24.0 Å². The maximum absolute atomic E-state index is 12.9. The molecule has 29 heavy (non-hydrogen) atoms. The molecule has 0 radical (unpaired) electrons. The smallest absolute Gasteiger partial charge is 0.297 e. The Labute approximate surface area is 176 Å². The van der Waals surface area contributed by atoms with Crippen molar-refractivity contribution < 1.29 is 0 Å². The fraction of sp³-hybridized carbons (Fsp3) is 0.400. The average Bonchev–Trinajstić information content (AvgIpc) is 3.06. The van der Waals surface area contributed by atoms with E-state index in [1.165, 1.54) is 11.6 Å². The highest BCUT2D eigenvalue weighted by molar-refractivity contribution is 9.10. The van der Waals surface area contributed by atoms with Gasteiger partial charge in [0.05, 0.1) is 18.8 Å². The Morgan fingerprint density at radius 1 is 1.07 bits per heavy atom. The molecule has 0 fully saturated rings. The molecule has 4 rings (SSSR count). The minimum atomic E-state index is -0.394. The minimum Gasteiger partial charge on any atom is -0.297 e. The summed E-state index contributed by atoms with van der Waals surface area (Å²) in [4.78, 5) is 29.9. The normalized spacial score (nSPS) is 14.3. The van der Waals surface area contributed by atoms with Crippen LogP contribution in [0.1, 0.15) is 26.3 Å². The van der Waals surface area contributed by atoms with Crippen LogP contribution < -0.4 is 16.3 Å². The number of benzene rings is 1. The summed E-state index contributed by atoms with van der Waals surface area (Å²) < 4.78 is 5.42. The quantitative estimate of drug-likeness (QED) is 0.591. The lowest BCUT2D eigenvalue weighted by molar-refractivity contribution is 0.549.